The molecular weight excluding hydrogens is 382 g/mol. The van der Waals surface area contributed by atoms with Crippen LogP contribution in [0, 0.1) is 11.8 Å². The molecule has 0 bridgehead atoms. The predicted molar refractivity (Wildman–Crippen MR) is 105 cm³/mol. The molecule has 1 aromatic carbocycles. The van der Waals surface area contributed by atoms with Crippen molar-refractivity contribution in [1.29, 1.82) is 0 Å². The lowest BCUT2D eigenvalue weighted by Crippen LogP contribution is -2.31. The lowest BCUT2D eigenvalue weighted by Gasteiger charge is -2.20. The van der Waals surface area contributed by atoms with Crippen LogP contribution in [-0.4, -0.2) is 26.4 Å². The molecule has 0 spiro atoms. The van der Waals surface area contributed by atoms with Crippen molar-refractivity contribution in [1.82, 2.24) is 9.71 Å². The van der Waals surface area contributed by atoms with E-state index >= 15 is 0 Å². The molecular formula is C19H23N3O3S2. The molecule has 2 aliphatic rings. The summed E-state index contributed by atoms with van der Waals surface area (Å²) in [6, 6.07) is 6.76. The predicted octanol–water partition coefficient (Wildman–Crippen LogP) is 3.14. The van der Waals surface area contributed by atoms with Crippen LogP contribution in [0.2, 0.25) is 0 Å². The molecule has 2 aromatic rings. The third kappa shape index (κ3) is 3.30. The Labute approximate surface area is 163 Å². The molecule has 1 amide bonds. The second kappa shape index (κ2) is 7.00. The van der Waals surface area contributed by atoms with Crippen LogP contribution in [0.5, 0.6) is 0 Å². The number of carbonyl (C=O) groups is 1. The summed E-state index contributed by atoms with van der Waals surface area (Å²) in [5.74, 6) is 0.845. The number of rotatable bonds is 6. The Morgan fingerprint density at radius 1 is 1.22 bits per heavy atom. The highest BCUT2D eigenvalue weighted by atomic mass is 32.2. The first kappa shape index (κ1) is 18.6. The van der Waals surface area contributed by atoms with Crippen molar-refractivity contribution in [3.8, 4) is 0 Å². The van der Waals surface area contributed by atoms with Crippen LogP contribution in [0.25, 0.3) is 0 Å². The molecule has 2 atom stereocenters. The van der Waals surface area contributed by atoms with Crippen molar-refractivity contribution in [2.24, 2.45) is 11.8 Å². The maximum atomic E-state index is 13.2. The topological polar surface area (TPSA) is 88.2 Å². The Hall–Kier alpha value is -1.77. The van der Waals surface area contributed by atoms with Crippen LogP contribution < -0.4 is 10.0 Å². The minimum atomic E-state index is -3.49. The van der Waals surface area contributed by atoms with Crippen molar-refractivity contribution >= 4 is 32.4 Å². The molecule has 4 rings (SSSR count). The average Bonchev–Trinajstić information content (AvgIpc) is 3.05. The number of carbonyl (C=O) groups excluding carboxylic acids is 1. The summed E-state index contributed by atoms with van der Waals surface area (Å²) in [4.78, 5) is 17.6. The molecule has 1 heterocycles. The van der Waals surface area contributed by atoms with Gasteiger partial charge in [-0.3, -0.25) is 4.79 Å². The van der Waals surface area contributed by atoms with Gasteiger partial charge in [-0.05, 0) is 43.0 Å². The summed E-state index contributed by atoms with van der Waals surface area (Å²) in [6.07, 6.45) is 7.28. The number of aromatic nitrogens is 1. The maximum absolute atomic E-state index is 13.2. The van der Waals surface area contributed by atoms with E-state index in [1.54, 1.807) is 30.5 Å². The standard InChI is InChI=1S/C19H23N3O3S2/c1-20-27(24,25)15-8-6-14(7-9-15)19(12-16(19)13-4-2-3-5-13)17(23)22-18-21-10-11-26-18/h6-11,13,16,20H,2-5,12H2,1H3,(H,21,22,23)/t16-,19-/m0/s1. The molecule has 2 aliphatic carbocycles. The number of hydrogen-bond donors (Lipinski definition) is 2. The van der Waals surface area contributed by atoms with Gasteiger partial charge in [-0.2, -0.15) is 0 Å². The van der Waals surface area contributed by atoms with E-state index in [1.807, 2.05) is 5.38 Å². The number of hydrogen-bond acceptors (Lipinski definition) is 5. The number of nitrogens with one attached hydrogen (secondary N) is 2. The van der Waals surface area contributed by atoms with Crippen LogP contribution in [0.15, 0.2) is 40.7 Å². The smallest absolute Gasteiger partial charge is 0.240 e. The maximum Gasteiger partial charge on any atom is 0.240 e. The van der Waals surface area contributed by atoms with E-state index in [-0.39, 0.29) is 10.8 Å². The summed E-state index contributed by atoms with van der Waals surface area (Å²) >= 11 is 1.40. The molecule has 8 heteroatoms. The van der Waals surface area contributed by atoms with Gasteiger partial charge < -0.3 is 5.32 Å². The van der Waals surface area contributed by atoms with Crippen LogP contribution in [0.1, 0.15) is 37.7 Å². The van der Waals surface area contributed by atoms with Gasteiger partial charge in [0.05, 0.1) is 10.3 Å². The van der Waals surface area contributed by atoms with Crippen LogP contribution in [0.3, 0.4) is 0 Å². The van der Waals surface area contributed by atoms with Gasteiger partial charge in [0.2, 0.25) is 15.9 Å². The van der Waals surface area contributed by atoms with Crippen LogP contribution >= 0.6 is 11.3 Å². The molecule has 2 N–H and O–H groups in total. The van der Waals surface area contributed by atoms with E-state index in [1.165, 1.54) is 44.1 Å². The minimum absolute atomic E-state index is 0.0291. The van der Waals surface area contributed by atoms with E-state index in [9.17, 15) is 13.2 Å². The molecule has 0 radical (unpaired) electrons. The fourth-order valence-electron chi connectivity index (χ4n) is 4.48. The summed E-state index contributed by atoms with van der Waals surface area (Å²) in [5.41, 5.74) is 0.311. The van der Waals surface area contributed by atoms with E-state index in [2.05, 4.69) is 15.0 Å². The molecule has 2 saturated carbocycles. The Morgan fingerprint density at radius 2 is 1.93 bits per heavy atom. The highest BCUT2D eigenvalue weighted by Crippen LogP contribution is 2.61. The lowest BCUT2D eigenvalue weighted by molar-refractivity contribution is -0.119. The first-order valence-electron chi connectivity index (χ1n) is 9.22. The second-order valence-corrected chi connectivity index (χ2v) is 10.1. The summed E-state index contributed by atoms with van der Waals surface area (Å²) < 4.78 is 26.3. The molecule has 0 aliphatic heterocycles. The number of anilines is 1. The Kier molecular flexibility index (Phi) is 4.82. The van der Waals surface area contributed by atoms with Crippen molar-refractivity contribution in [2.75, 3.05) is 12.4 Å². The summed E-state index contributed by atoms with van der Waals surface area (Å²) in [5, 5.41) is 5.41. The zero-order valence-electron chi connectivity index (χ0n) is 15.1. The number of nitrogens with zero attached hydrogens (tertiary/aromatic N) is 1. The molecule has 2 fully saturated rings. The Balaban J connectivity index is 1.65. The lowest BCUT2D eigenvalue weighted by atomic mass is 9.87. The van der Waals surface area contributed by atoms with Gasteiger partial charge in [-0.15, -0.1) is 11.3 Å². The fraction of sp³-hybridized carbons (Fsp3) is 0.474. The van der Waals surface area contributed by atoms with Gasteiger partial charge >= 0.3 is 0 Å². The summed E-state index contributed by atoms with van der Waals surface area (Å²) in [6.45, 7) is 0. The molecule has 144 valence electrons. The zero-order valence-corrected chi connectivity index (χ0v) is 16.8. The van der Waals surface area contributed by atoms with Gasteiger partial charge in [0.1, 0.15) is 0 Å². The van der Waals surface area contributed by atoms with Gasteiger partial charge in [-0.25, -0.2) is 18.1 Å². The first-order valence-corrected chi connectivity index (χ1v) is 11.6. The van der Waals surface area contributed by atoms with Gasteiger partial charge in [0, 0.05) is 11.6 Å². The minimum Gasteiger partial charge on any atom is -0.301 e. The largest absolute Gasteiger partial charge is 0.301 e. The number of sulfonamides is 1. The van der Waals surface area contributed by atoms with Gasteiger partial charge in [0.25, 0.3) is 0 Å². The third-order valence-corrected chi connectivity index (χ3v) is 8.11. The fourth-order valence-corrected chi connectivity index (χ4v) is 5.74. The van der Waals surface area contributed by atoms with E-state index in [4.69, 9.17) is 0 Å². The van der Waals surface area contributed by atoms with Crippen LogP contribution in [0.4, 0.5) is 5.13 Å². The number of amides is 1. The highest BCUT2D eigenvalue weighted by Gasteiger charge is 2.63. The zero-order chi connectivity index (χ0) is 19.1. The van der Waals surface area contributed by atoms with E-state index in [0.29, 0.717) is 17.0 Å². The Bertz CT molecular complexity index is 920. The van der Waals surface area contributed by atoms with Crippen molar-refractivity contribution in [3.63, 3.8) is 0 Å². The summed E-state index contributed by atoms with van der Waals surface area (Å²) in [7, 11) is -2.10. The molecule has 1 aromatic heterocycles. The molecule has 27 heavy (non-hydrogen) atoms. The van der Waals surface area contributed by atoms with E-state index in [0.717, 1.165) is 12.0 Å². The van der Waals surface area contributed by atoms with Crippen LogP contribution in [-0.2, 0) is 20.2 Å². The third-order valence-electron chi connectivity index (χ3n) is 5.99. The van der Waals surface area contributed by atoms with E-state index < -0.39 is 15.4 Å². The second-order valence-electron chi connectivity index (χ2n) is 7.35. The number of thiazole rings is 1. The highest BCUT2D eigenvalue weighted by molar-refractivity contribution is 7.89. The molecule has 6 nitrogen and oxygen atoms in total. The van der Waals surface area contributed by atoms with Crippen molar-refractivity contribution in [3.05, 3.63) is 41.4 Å². The van der Waals surface area contributed by atoms with Gasteiger partial charge in [0.15, 0.2) is 5.13 Å². The van der Waals surface area contributed by atoms with Crippen molar-refractivity contribution < 1.29 is 13.2 Å². The molecule has 0 saturated heterocycles. The number of benzene rings is 1. The monoisotopic (exact) mass is 405 g/mol. The van der Waals surface area contributed by atoms with Gasteiger partial charge in [-0.1, -0.05) is 37.8 Å². The molecule has 0 unspecified atom stereocenters. The van der Waals surface area contributed by atoms with Crippen molar-refractivity contribution in [2.45, 2.75) is 42.4 Å². The SMILES string of the molecule is CNS(=O)(=O)c1ccc([C@@]2(C(=O)Nc3nccs3)C[C@H]2C2CCCC2)cc1. The first-order chi connectivity index (χ1) is 13.0. The normalized spacial score (nSPS) is 25.4. The average molecular weight is 406 g/mol. The quantitative estimate of drug-likeness (QED) is 0.773. The Morgan fingerprint density at radius 3 is 2.52 bits per heavy atom.